The van der Waals surface area contributed by atoms with Crippen LogP contribution in [0.5, 0.6) is 0 Å². The van der Waals surface area contributed by atoms with Gasteiger partial charge in [-0.25, -0.2) is 8.42 Å². The van der Waals surface area contributed by atoms with Gasteiger partial charge in [0, 0.05) is 15.8 Å². The summed E-state index contributed by atoms with van der Waals surface area (Å²) in [5, 5.41) is 18.8. The van der Waals surface area contributed by atoms with Crippen molar-refractivity contribution in [1.29, 1.82) is 0 Å². The summed E-state index contributed by atoms with van der Waals surface area (Å²) in [5.74, 6) is -0.421. The highest BCUT2D eigenvalue weighted by Gasteiger charge is 2.70. The van der Waals surface area contributed by atoms with E-state index in [1.54, 1.807) is 30.3 Å². The molecule has 23 heavy (non-hydrogen) atoms. The van der Waals surface area contributed by atoms with Crippen LogP contribution >= 0.6 is 15.9 Å². The Morgan fingerprint density at radius 2 is 1.52 bits per heavy atom. The molecule has 0 saturated heterocycles. The monoisotopic (exact) mass is 396 g/mol. The van der Waals surface area contributed by atoms with Crippen LogP contribution in [-0.4, -0.2) is 37.1 Å². The van der Waals surface area contributed by atoms with Gasteiger partial charge >= 0.3 is 0 Å². The Morgan fingerprint density at radius 3 is 2.04 bits per heavy atom. The van der Waals surface area contributed by atoms with Gasteiger partial charge in [0.1, 0.15) is 0 Å². The first kappa shape index (κ1) is 16.6. The summed E-state index contributed by atoms with van der Waals surface area (Å²) >= 11 is 3.35. The highest BCUT2D eigenvalue weighted by molar-refractivity contribution is 9.10. The fraction of sp³-hybridized carbons (Fsp3) is 0.294. The van der Waals surface area contributed by atoms with Gasteiger partial charge < -0.3 is 10.2 Å². The maximum absolute atomic E-state index is 12.9. The topological polar surface area (TPSA) is 74.6 Å². The summed E-state index contributed by atoms with van der Waals surface area (Å²) < 4.78 is 26.8. The third kappa shape index (κ3) is 2.63. The molecule has 2 aromatic carbocycles. The predicted molar refractivity (Wildman–Crippen MR) is 90.9 cm³/mol. The summed E-state index contributed by atoms with van der Waals surface area (Å²) in [5.41, 5.74) is -0.233. The van der Waals surface area contributed by atoms with Crippen LogP contribution in [0, 0.1) is 5.41 Å². The Kier molecular flexibility index (Phi) is 4.35. The van der Waals surface area contributed by atoms with Crippen molar-refractivity contribution in [3.63, 3.8) is 0 Å². The smallest absolute Gasteiger partial charge is 0.182 e. The third-order valence-corrected chi connectivity index (χ3v) is 7.47. The first-order valence-corrected chi connectivity index (χ1v) is 9.57. The quantitative estimate of drug-likeness (QED) is 0.813. The van der Waals surface area contributed by atoms with Crippen molar-refractivity contribution < 1.29 is 18.6 Å². The molecule has 0 radical (unpaired) electrons. The van der Waals surface area contributed by atoms with E-state index in [9.17, 15) is 18.6 Å². The van der Waals surface area contributed by atoms with Gasteiger partial charge in [0.15, 0.2) is 9.84 Å². The second kappa shape index (κ2) is 6.02. The minimum absolute atomic E-state index is 0.218. The zero-order valence-corrected chi connectivity index (χ0v) is 14.7. The van der Waals surface area contributed by atoms with Crippen molar-refractivity contribution in [2.24, 2.45) is 5.41 Å². The van der Waals surface area contributed by atoms with Crippen molar-refractivity contribution in [3.8, 4) is 0 Å². The number of halogens is 1. The van der Waals surface area contributed by atoms with E-state index in [4.69, 9.17) is 0 Å². The number of benzene rings is 2. The molecule has 1 aliphatic carbocycles. The molecule has 0 spiro atoms. The van der Waals surface area contributed by atoms with E-state index in [0.717, 1.165) is 10.0 Å². The normalized spacial score (nSPS) is 22.7. The van der Waals surface area contributed by atoms with E-state index < -0.39 is 26.4 Å². The molecule has 2 N–H and O–H groups in total. The van der Waals surface area contributed by atoms with Gasteiger partial charge in [-0.2, -0.15) is 0 Å². The Hall–Kier alpha value is -1.21. The Bertz CT molecular complexity index is 783. The molecule has 1 fully saturated rings. The zero-order valence-electron chi connectivity index (χ0n) is 12.3. The SMILES string of the molecule is O=S(=O)(c1ccccc1)C1C(c2ccc(Br)cc2)C1(CO)CO. The number of rotatable bonds is 5. The maximum atomic E-state index is 12.9. The summed E-state index contributed by atoms with van der Waals surface area (Å²) in [6.45, 7) is -0.748. The van der Waals surface area contributed by atoms with Crippen LogP contribution in [0.2, 0.25) is 0 Å². The van der Waals surface area contributed by atoms with Crippen LogP contribution in [0.25, 0.3) is 0 Å². The van der Waals surface area contributed by atoms with Gasteiger partial charge in [-0.3, -0.25) is 0 Å². The molecule has 3 rings (SSSR count). The van der Waals surface area contributed by atoms with Crippen LogP contribution in [-0.2, 0) is 9.84 Å². The van der Waals surface area contributed by atoms with Crippen LogP contribution in [0.3, 0.4) is 0 Å². The molecule has 0 aromatic heterocycles. The first-order chi connectivity index (χ1) is 11.0. The Balaban J connectivity index is 2.05. The number of hydrogen-bond donors (Lipinski definition) is 2. The molecule has 2 aromatic rings. The molecule has 122 valence electrons. The van der Waals surface area contributed by atoms with E-state index in [2.05, 4.69) is 15.9 Å². The number of sulfone groups is 1. The highest BCUT2D eigenvalue weighted by Crippen LogP contribution is 2.63. The van der Waals surface area contributed by atoms with Crippen LogP contribution in [0.4, 0.5) is 0 Å². The molecule has 0 heterocycles. The predicted octanol–water partition coefficient (Wildman–Crippen LogP) is 2.36. The van der Waals surface area contributed by atoms with Gasteiger partial charge in [0.2, 0.25) is 0 Å². The molecule has 4 nitrogen and oxygen atoms in total. The fourth-order valence-electron chi connectivity index (χ4n) is 3.30. The van der Waals surface area contributed by atoms with Crippen LogP contribution < -0.4 is 0 Å². The number of aliphatic hydroxyl groups is 2. The second-order valence-corrected chi connectivity index (χ2v) is 8.84. The number of aliphatic hydroxyl groups excluding tert-OH is 2. The van der Waals surface area contributed by atoms with Crippen molar-refractivity contribution in [3.05, 3.63) is 64.6 Å². The fourth-order valence-corrected chi connectivity index (χ4v) is 6.02. The molecule has 6 heteroatoms. The summed E-state index contributed by atoms with van der Waals surface area (Å²) in [6.07, 6.45) is 0. The van der Waals surface area contributed by atoms with Gasteiger partial charge in [-0.05, 0) is 29.8 Å². The summed E-state index contributed by atoms with van der Waals surface area (Å²) in [7, 11) is -3.64. The molecule has 1 saturated carbocycles. The Labute approximate surface area is 143 Å². The lowest BCUT2D eigenvalue weighted by molar-refractivity contribution is 0.130. The molecule has 2 atom stereocenters. The van der Waals surface area contributed by atoms with E-state index in [0.29, 0.717) is 0 Å². The molecule has 2 unspecified atom stereocenters. The summed E-state index contributed by atoms with van der Waals surface area (Å²) in [4.78, 5) is 0.218. The van der Waals surface area contributed by atoms with Gasteiger partial charge in [-0.15, -0.1) is 0 Å². The minimum atomic E-state index is -3.64. The molecular weight excluding hydrogens is 380 g/mol. The Morgan fingerprint density at radius 1 is 0.957 bits per heavy atom. The van der Waals surface area contributed by atoms with Crippen LogP contribution in [0.15, 0.2) is 64.0 Å². The molecule has 0 aliphatic heterocycles. The van der Waals surface area contributed by atoms with Gasteiger partial charge in [0.25, 0.3) is 0 Å². The van der Waals surface area contributed by atoms with Crippen LogP contribution in [0.1, 0.15) is 11.5 Å². The lowest BCUT2D eigenvalue weighted by Gasteiger charge is -2.11. The number of hydrogen-bond acceptors (Lipinski definition) is 4. The zero-order chi connectivity index (χ0) is 16.7. The first-order valence-electron chi connectivity index (χ1n) is 7.23. The van der Waals surface area contributed by atoms with Crippen molar-refractivity contribution in [2.45, 2.75) is 16.1 Å². The largest absolute Gasteiger partial charge is 0.396 e. The molecule has 1 aliphatic rings. The standard InChI is InChI=1S/C17H17BrO4S/c18-13-8-6-12(7-9-13)15-16(17(15,10-19)11-20)23(21,22)14-4-2-1-3-5-14/h1-9,15-16,19-20H,10-11H2. The average Bonchev–Trinajstić information content (AvgIpc) is 3.27. The van der Waals surface area contributed by atoms with Gasteiger partial charge in [-0.1, -0.05) is 46.3 Å². The molecular formula is C17H17BrO4S. The van der Waals surface area contributed by atoms with E-state index in [1.807, 2.05) is 24.3 Å². The lowest BCUT2D eigenvalue weighted by Crippen LogP contribution is -2.22. The summed E-state index contributed by atoms with van der Waals surface area (Å²) in [6, 6.07) is 15.5. The van der Waals surface area contributed by atoms with E-state index >= 15 is 0 Å². The van der Waals surface area contributed by atoms with Crippen molar-refractivity contribution in [2.75, 3.05) is 13.2 Å². The van der Waals surface area contributed by atoms with E-state index in [1.165, 1.54) is 0 Å². The third-order valence-electron chi connectivity index (χ3n) is 4.60. The van der Waals surface area contributed by atoms with Crippen molar-refractivity contribution >= 4 is 25.8 Å². The maximum Gasteiger partial charge on any atom is 0.182 e. The van der Waals surface area contributed by atoms with Crippen molar-refractivity contribution in [1.82, 2.24) is 0 Å². The van der Waals surface area contributed by atoms with Gasteiger partial charge in [0.05, 0.1) is 23.4 Å². The average molecular weight is 397 g/mol. The lowest BCUT2D eigenvalue weighted by atomic mass is 10.0. The highest BCUT2D eigenvalue weighted by atomic mass is 79.9. The van der Waals surface area contributed by atoms with E-state index in [-0.39, 0.29) is 18.1 Å². The molecule has 0 amide bonds. The second-order valence-electron chi connectivity index (χ2n) is 5.86. The minimum Gasteiger partial charge on any atom is -0.396 e. The molecule has 0 bridgehead atoms.